The highest BCUT2D eigenvalue weighted by Crippen LogP contribution is 2.44. The Kier molecular flexibility index (Phi) is 3.59. The third kappa shape index (κ3) is 2.48. The van der Waals surface area contributed by atoms with Crippen molar-refractivity contribution in [3.63, 3.8) is 0 Å². The molecular weight excluding hydrogens is 376 g/mol. The van der Waals surface area contributed by atoms with Crippen molar-refractivity contribution < 1.29 is 0 Å². The van der Waals surface area contributed by atoms with E-state index in [1.54, 1.807) is 0 Å². The topological polar surface area (TPSA) is 17.3 Å². The number of aryl methyl sites for hydroxylation is 3. The predicted molar refractivity (Wildman–Crippen MR) is 134 cm³/mol. The second-order valence-corrected chi connectivity index (χ2v) is 10.5. The zero-order valence-electron chi connectivity index (χ0n) is 19.2. The van der Waals surface area contributed by atoms with Gasteiger partial charge in [-0.15, -0.1) is 0 Å². The molecule has 0 N–H and O–H groups in total. The number of para-hydroxylation sites is 1. The van der Waals surface area contributed by atoms with E-state index in [0.29, 0.717) is 0 Å². The van der Waals surface area contributed by atoms with E-state index in [2.05, 4.69) is 88.4 Å². The average molecular weight is 405 g/mol. The van der Waals surface area contributed by atoms with E-state index >= 15 is 0 Å². The maximum absolute atomic E-state index is 4.93. The standard InChI is InChI=1S/C29H28N2/c1-16-12-18(3)27-22(13-16)25-24-19(10-11-30-25)14-20(15-29(4,5)6)23-21-9-7-8-17(2)26(21)31(27)28(23)24/h7-14H,15H2,1-6H3. The Balaban J connectivity index is 2.04. The molecule has 0 saturated carbocycles. The summed E-state index contributed by atoms with van der Waals surface area (Å²) < 4.78 is 2.55. The minimum atomic E-state index is 0.212. The van der Waals surface area contributed by atoms with Crippen molar-refractivity contribution in [1.82, 2.24) is 9.38 Å². The van der Waals surface area contributed by atoms with Crippen LogP contribution in [0.5, 0.6) is 0 Å². The van der Waals surface area contributed by atoms with Gasteiger partial charge in [-0.3, -0.25) is 4.98 Å². The molecule has 0 spiro atoms. The lowest BCUT2D eigenvalue weighted by molar-refractivity contribution is 0.413. The smallest absolute Gasteiger partial charge is 0.0822 e. The molecule has 3 heterocycles. The quantitative estimate of drug-likeness (QED) is 0.201. The minimum absolute atomic E-state index is 0.212. The number of pyridine rings is 2. The molecule has 0 aliphatic heterocycles. The Morgan fingerprint density at radius 2 is 1.58 bits per heavy atom. The zero-order valence-corrected chi connectivity index (χ0v) is 19.2. The molecule has 31 heavy (non-hydrogen) atoms. The van der Waals surface area contributed by atoms with Crippen LogP contribution >= 0.6 is 0 Å². The predicted octanol–water partition coefficient (Wildman–Crippen LogP) is 7.90. The number of hydrogen-bond acceptors (Lipinski definition) is 1. The van der Waals surface area contributed by atoms with Gasteiger partial charge in [0.2, 0.25) is 0 Å². The molecule has 2 nitrogen and oxygen atoms in total. The van der Waals surface area contributed by atoms with Gasteiger partial charge in [-0.1, -0.05) is 56.7 Å². The maximum Gasteiger partial charge on any atom is 0.0822 e. The van der Waals surface area contributed by atoms with Gasteiger partial charge < -0.3 is 4.40 Å². The van der Waals surface area contributed by atoms with Crippen LogP contribution in [0, 0.1) is 26.2 Å². The first-order chi connectivity index (χ1) is 14.7. The van der Waals surface area contributed by atoms with Crippen LogP contribution in [0.3, 0.4) is 0 Å². The van der Waals surface area contributed by atoms with Crippen molar-refractivity contribution in [3.8, 4) is 0 Å². The van der Waals surface area contributed by atoms with Gasteiger partial charge in [0.25, 0.3) is 0 Å². The summed E-state index contributed by atoms with van der Waals surface area (Å²) >= 11 is 0. The molecule has 154 valence electrons. The van der Waals surface area contributed by atoms with Crippen molar-refractivity contribution in [2.75, 3.05) is 0 Å². The summed E-state index contributed by atoms with van der Waals surface area (Å²) in [5.74, 6) is 0. The molecule has 0 radical (unpaired) electrons. The fourth-order valence-electron chi connectivity index (χ4n) is 5.75. The monoisotopic (exact) mass is 404 g/mol. The van der Waals surface area contributed by atoms with E-state index in [-0.39, 0.29) is 5.41 Å². The van der Waals surface area contributed by atoms with E-state index in [0.717, 1.165) is 11.9 Å². The first kappa shape index (κ1) is 18.6. The Labute approximate surface area is 182 Å². The Morgan fingerprint density at radius 1 is 0.806 bits per heavy atom. The lowest BCUT2D eigenvalue weighted by Gasteiger charge is -2.21. The number of fused-ring (bicyclic) bond motifs is 6. The number of hydrogen-bond donors (Lipinski definition) is 0. The van der Waals surface area contributed by atoms with E-state index in [4.69, 9.17) is 4.98 Å². The SMILES string of the molecule is Cc1cc(C)c2c(c1)c1nccc3cc(CC(C)(C)C)c4c5cccc(C)c5n2c4c31. The average Bonchev–Trinajstić information content (AvgIpc) is 3.03. The minimum Gasteiger partial charge on any atom is -0.307 e. The van der Waals surface area contributed by atoms with Gasteiger partial charge in [-0.25, -0.2) is 0 Å². The summed E-state index contributed by atoms with van der Waals surface area (Å²) in [6.45, 7) is 13.7. The van der Waals surface area contributed by atoms with Crippen LogP contribution in [0.1, 0.15) is 43.0 Å². The van der Waals surface area contributed by atoms with Gasteiger partial charge in [0, 0.05) is 27.7 Å². The largest absolute Gasteiger partial charge is 0.307 e. The molecule has 0 atom stereocenters. The number of benzene rings is 3. The molecule has 6 rings (SSSR count). The van der Waals surface area contributed by atoms with Crippen LogP contribution in [0.4, 0.5) is 0 Å². The number of aromatic nitrogens is 2. The van der Waals surface area contributed by atoms with Crippen molar-refractivity contribution in [2.24, 2.45) is 5.41 Å². The third-order valence-corrected chi connectivity index (χ3v) is 6.71. The van der Waals surface area contributed by atoms with Crippen molar-refractivity contribution in [3.05, 3.63) is 70.9 Å². The molecule has 6 aromatic rings. The third-order valence-electron chi connectivity index (χ3n) is 6.71. The van der Waals surface area contributed by atoms with E-state index in [1.807, 2.05) is 6.20 Å². The molecule has 3 aromatic heterocycles. The van der Waals surface area contributed by atoms with Gasteiger partial charge in [-0.2, -0.15) is 0 Å². The van der Waals surface area contributed by atoms with E-state index in [9.17, 15) is 0 Å². The number of rotatable bonds is 1. The van der Waals surface area contributed by atoms with Gasteiger partial charge >= 0.3 is 0 Å². The highest BCUT2D eigenvalue weighted by atomic mass is 14.9. The van der Waals surface area contributed by atoms with Crippen molar-refractivity contribution in [1.29, 1.82) is 0 Å². The van der Waals surface area contributed by atoms with E-state index < -0.39 is 0 Å². The van der Waals surface area contributed by atoms with Crippen molar-refractivity contribution in [2.45, 2.75) is 48.0 Å². The molecule has 0 aliphatic carbocycles. The van der Waals surface area contributed by atoms with Crippen LogP contribution < -0.4 is 0 Å². The first-order valence-electron chi connectivity index (χ1n) is 11.2. The number of nitrogens with zero attached hydrogens (tertiary/aromatic N) is 2. The molecule has 0 saturated heterocycles. The maximum atomic E-state index is 4.93. The second kappa shape index (κ2) is 5.97. The second-order valence-electron chi connectivity index (χ2n) is 10.5. The Morgan fingerprint density at radius 3 is 2.35 bits per heavy atom. The van der Waals surface area contributed by atoms with Crippen LogP contribution in [0.2, 0.25) is 0 Å². The van der Waals surface area contributed by atoms with E-state index in [1.165, 1.54) is 65.7 Å². The van der Waals surface area contributed by atoms with Gasteiger partial charge in [-0.05, 0) is 66.8 Å². The molecule has 0 unspecified atom stereocenters. The summed E-state index contributed by atoms with van der Waals surface area (Å²) in [7, 11) is 0. The van der Waals surface area contributed by atoms with Crippen LogP contribution in [-0.2, 0) is 6.42 Å². The lowest BCUT2D eigenvalue weighted by atomic mass is 9.85. The Hall–Kier alpha value is -3.13. The van der Waals surface area contributed by atoms with Gasteiger partial charge in [0.1, 0.15) is 0 Å². The molecule has 0 aliphatic rings. The summed E-state index contributed by atoms with van der Waals surface area (Å²) in [5, 5.41) is 6.60. The molecule has 0 fully saturated rings. The fourth-order valence-corrected chi connectivity index (χ4v) is 5.75. The first-order valence-corrected chi connectivity index (χ1v) is 11.2. The van der Waals surface area contributed by atoms with Gasteiger partial charge in [0.05, 0.1) is 22.1 Å². The Bertz CT molecular complexity index is 1660. The lowest BCUT2D eigenvalue weighted by Crippen LogP contribution is -2.09. The molecular formula is C29H28N2. The van der Waals surface area contributed by atoms with Crippen LogP contribution in [0.15, 0.2) is 48.7 Å². The van der Waals surface area contributed by atoms with Crippen LogP contribution in [-0.4, -0.2) is 9.38 Å². The van der Waals surface area contributed by atoms with Gasteiger partial charge in [0.15, 0.2) is 0 Å². The summed E-state index contributed by atoms with van der Waals surface area (Å²) in [6.07, 6.45) is 3.03. The highest BCUT2D eigenvalue weighted by molar-refractivity contribution is 6.29. The molecule has 0 bridgehead atoms. The van der Waals surface area contributed by atoms with Crippen LogP contribution in [0.25, 0.3) is 49.0 Å². The molecule has 2 heteroatoms. The normalized spacial score (nSPS) is 13.0. The summed E-state index contributed by atoms with van der Waals surface area (Å²) in [4.78, 5) is 4.93. The zero-order chi connectivity index (χ0) is 21.7. The molecule has 3 aromatic carbocycles. The highest BCUT2D eigenvalue weighted by Gasteiger charge is 2.24. The summed E-state index contributed by atoms with van der Waals surface area (Å²) in [5.41, 5.74) is 10.7. The molecule has 0 amide bonds. The fraction of sp³-hybridized carbons (Fsp3) is 0.276. The van der Waals surface area contributed by atoms with Crippen molar-refractivity contribution >= 4 is 49.0 Å². The summed E-state index contributed by atoms with van der Waals surface area (Å²) in [6, 6.07) is 16.0.